The summed E-state index contributed by atoms with van der Waals surface area (Å²) in [5.41, 5.74) is 0.768. The van der Waals surface area contributed by atoms with Gasteiger partial charge in [0.25, 0.3) is 0 Å². The van der Waals surface area contributed by atoms with Gasteiger partial charge in [-0.1, -0.05) is 0 Å². The largest absolute Gasteiger partial charge is 0.457 e. The van der Waals surface area contributed by atoms with E-state index in [-0.39, 0.29) is 0 Å². The van der Waals surface area contributed by atoms with Crippen LogP contribution in [0.4, 0.5) is 13.2 Å². The summed E-state index contributed by atoms with van der Waals surface area (Å²) in [5, 5.41) is 18.9. The van der Waals surface area contributed by atoms with Gasteiger partial charge >= 0.3 is 6.18 Å². The lowest BCUT2D eigenvalue weighted by atomic mass is 10.1. The number of halogens is 3. The van der Waals surface area contributed by atoms with Crippen molar-refractivity contribution in [2.45, 2.75) is 31.7 Å². The number of hydrogen-bond acceptors (Lipinski definition) is 6. The zero-order valence-corrected chi connectivity index (χ0v) is 17.8. The Morgan fingerprint density at radius 2 is 1.76 bits per heavy atom. The van der Waals surface area contributed by atoms with Crippen molar-refractivity contribution in [1.82, 2.24) is 14.9 Å². The van der Waals surface area contributed by atoms with Crippen LogP contribution in [0.5, 0.6) is 11.5 Å². The van der Waals surface area contributed by atoms with Crippen molar-refractivity contribution in [1.29, 1.82) is 0 Å². The van der Waals surface area contributed by atoms with Crippen molar-refractivity contribution < 1.29 is 28.1 Å². The highest BCUT2D eigenvalue weighted by molar-refractivity contribution is 5.56. The van der Waals surface area contributed by atoms with Crippen molar-refractivity contribution in [2.75, 3.05) is 19.7 Å². The van der Waals surface area contributed by atoms with Crippen LogP contribution < -0.4 is 4.74 Å². The van der Waals surface area contributed by atoms with Crippen LogP contribution in [0.25, 0.3) is 11.4 Å². The molecule has 4 rings (SSSR count). The molecular weight excluding hydrogens is 435 g/mol. The highest BCUT2D eigenvalue weighted by Gasteiger charge is 2.31. The van der Waals surface area contributed by atoms with Crippen molar-refractivity contribution in [3.8, 4) is 22.9 Å². The molecule has 1 aliphatic rings. The van der Waals surface area contributed by atoms with Crippen LogP contribution in [0.2, 0.25) is 0 Å². The molecule has 2 aromatic carbocycles. The Kier molecular flexibility index (Phi) is 6.92. The van der Waals surface area contributed by atoms with Crippen molar-refractivity contribution >= 4 is 0 Å². The van der Waals surface area contributed by atoms with E-state index in [2.05, 4.69) is 14.9 Å². The number of ether oxygens (including phenoxy) is 1. The molecule has 1 fully saturated rings. The quantitative estimate of drug-likeness (QED) is 0.539. The Bertz CT molecular complexity index is 1080. The molecule has 1 aromatic heterocycles. The molecule has 174 valence electrons. The number of nitrogens with zero attached hydrogens (tertiary/aromatic N) is 3. The maximum absolute atomic E-state index is 13.3. The molecule has 9 heteroatoms. The number of benzene rings is 2. The number of aliphatic hydroxyl groups excluding tert-OH is 2. The van der Waals surface area contributed by atoms with Gasteiger partial charge in [0.15, 0.2) is 5.82 Å². The second-order valence-corrected chi connectivity index (χ2v) is 7.93. The summed E-state index contributed by atoms with van der Waals surface area (Å²) in [6.07, 6.45) is -1.95. The predicted octanol–water partition coefficient (Wildman–Crippen LogP) is 4.58. The average Bonchev–Trinajstić information content (AvgIpc) is 3.32. The van der Waals surface area contributed by atoms with E-state index in [9.17, 15) is 18.3 Å². The van der Waals surface area contributed by atoms with E-state index in [1.54, 1.807) is 24.3 Å². The third kappa shape index (κ3) is 5.68. The van der Waals surface area contributed by atoms with Crippen molar-refractivity contribution in [3.05, 3.63) is 71.5 Å². The zero-order chi connectivity index (χ0) is 23.4. The minimum atomic E-state index is -4.42. The van der Waals surface area contributed by atoms with Gasteiger partial charge in [-0.3, -0.25) is 4.90 Å². The molecule has 33 heavy (non-hydrogen) atoms. The first kappa shape index (κ1) is 23.2. The summed E-state index contributed by atoms with van der Waals surface area (Å²) < 4.78 is 45.7. The molecule has 1 atom stereocenters. The minimum absolute atomic E-state index is 0.305. The number of aromatic nitrogens is 2. The van der Waals surface area contributed by atoms with Crippen LogP contribution in [-0.4, -0.2) is 44.8 Å². The van der Waals surface area contributed by atoms with Gasteiger partial charge in [-0.15, -0.1) is 0 Å². The van der Waals surface area contributed by atoms with Gasteiger partial charge in [0.1, 0.15) is 17.6 Å². The molecule has 0 bridgehead atoms. The molecular formula is C24H24F3N3O3. The lowest BCUT2D eigenvalue weighted by Crippen LogP contribution is -2.19. The Hall–Kier alpha value is -3.01. The fourth-order valence-corrected chi connectivity index (χ4v) is 3.75. The zero-order valence-electron chi connectivity index (χ0n) is 17.8. The van der Waals surface area contributed by atoms with E-state index in [1.165, 1.54) is 18.3 Å². The number of aliphatic hydroxyl groups is 2. The lowest BCUT2D eigenvalue weighted by molar-refractivity contribution is -0.137. The normalized spacial score (nSPS) is 15.5. The summed E-state index contributed by atoms with van der Waals surface area (Å²) in [7, 11) is 0. The molecule has 1 saturated heterocycles. The molecule has 3 aromatic rings. The van der Waals surface area contributed by atoms with Crippen LogP contribution in [0.15, 0.2) is 54.7 Å². The third-order valence-electron chi connectivity index (χ3n) is 5.51. The monoisotopic (exact) mass is 459 g/mol. The molecule has 0 aliphatic carbocycles. The van der Waals surface area contributed by atoms with E-state index in [1.807, 2.05) is 0 Å². The molecule has 6 nitrogen and oxygen atoms in total. The van der Waals surface area contributed by atoms with Crippen LogP contribution in [0, 0.1) is 0 Å². The van der Waals surface area contributed by atoms with Gasteiger partial charge in [0.05, 0.1) is 17.9 Å². The van der Waals surface area contributed by atoms with Gasteiger partial charge in [-0.25, -0.2) is 9.97 Å². The van der Waals surface area contributed by atoms with E-state index in [0.29, 0.717) is 40.7 Å². The first-order chi connectivity index (χ1) is 15.8. The van der Waals surface area contributed by atoms with Crippen molar-refractivity contribution in [3.63, 3.8) is 0 Å². The fraction of sp³-hybridized carbons (Fsp3) is 0.333. The van der Waals surface area contributed by atoms with Crippen LogP contribution in [-0.2, 0) is 12.7 Å². The van der Waals surface area contributed by atoms with Gasteiger partial charge in [0.2, 0.25) is 0 Å². The average molecular weight is 459 g/mol. The molecule has 0 amide bonds. The Labute approximate surface area is 189 Å². The smallest absolute Gasteiger partial charge is 0.416 e. The number of likely N-dealkylation sites (tertiary alicyclic amines) is 1. The predicted molar refractivity (Wildman–Crippen MR) is 116 cm³/mol. The van der Waals surface area contributed by atoms with Gasteiger partial charge in [-0.05, 0) is 74.5 Å². The SMILES string of the molecule is OCC(O)c1ccnc(-c2ccc(Oc3ccc(C(F)(F)F)cc3CN3CCCC3)cc2)n1. The Morgan fingerprint density at radius 1 is 1.03 bits per heavy atom. The fourth-order valence-electron chi connectivity index (χ4n) is 3.75. The molecule has 1 unspecified atom stereocenters. The Morgan fingerprint density at radius 3 is 2.42 bits per heavy atom. The highest BCUT2D eigenvalue weighted by atomic mass is 19.4. The summed E-state index contributed by atoms with van der Waals surface area (Å²) in [6.45, 7) is 1.66. The van der Waals surface area contributed by atoms with Crippen LogP contribution >= 0.6 is 0 Å². The molecule has 2 heterocycles. The van der Waals surface area contributed by atoms with Gasteiger partial charge < -0.3 is 14.9 Å². The Balaban J connectivity index is 1.56. The minimum Gasteiger partial charge on any atom is -0.457 e. The molecule has 1 aliphatic heterocycles. The van der Waals surface area contributed by atoms with E-state index in [0.717, 1.165) is 38.1 Å². The summed E-state index contributed by atoms with van der Waals surface area (Å²) >= 11 is 0. The van der Waals surface area contributed by atoms with Gasteiger partial charge in [0, 0.05) is 23.9 Å². The molecule has 2 N–H and O–H groups in total. The van der Waals surface area contributed by atoms with Gasteiger partial charge in [-0.2, -0.15) is 13.2 Å². The number of alkyl halides is 3. The van der Waals surface area contributed by atoms with E-state index < -0.39 is 24.5 Å². The summed E-state index contributed by atoms with van der Waals surface area (Å²) in [4.78, 5) is 10.6. The van der Waals surface area contributed by atoms with E-state index >= 15 is 0 Å². The number of rotatable bonds is 7. The summed E-state index contributed by atoms with van der Waals surface area (Å²) in [5.74, 6) is 1.22. The highest BCUT2D eigenvalue weighted by Crippen LogP contribution is 2.35. The van der Waals surface area contributed by atoms with Crippen LogP contribution in [0.3, 0.4) is 0 Å². The second kappa shape index (κ2) is 9.86. The maximum Gasteiger partial charge on any atom is 0.416 e. The topological polar surface area (TPSA) is 78.7 Å². The first-order valence-corrected chi connectivity index (χ1v) is 10.7. The van der Waals surface area contributed by atoms with Crippen molar-refractivity contribution in [2.24, 2.45) is 0 Å². The van der Waals surface area contributed by atoms with E-state index in [4.69, 9.17) is 9.84 Å². The third-order valence-corrected chi connectivity index (χ3v) is 5.51. The molecule has 0 radical (unpaired) electrons. The second-order valence-electron chi connectivity index (χ2n) is 7.93. The standard InChI is InChI=1S/C24H24F3N3O3/c25-24(26,27)18-5-8-22(17(13-18)14-30-11-1-2-12-30)33-19-6-3-16(4-7-19)23-28-10-9-20(29-23)21(32)15-31/h3-10,13,21,31-32H,1-2,11-12,14-15H2. The lowest BCUT2D eigenvalue weighted by Gasteiger charge is -2.19. The molecule has 0 spiro atoms. The molecule has 0 saturated carbocycles. The maximum atomic E-state index is 13.3. The summed E-state index contributed by atoms with van der Waals surface area (Å²) in [6, 6.07) is 11.9. The first-order valence-electron chi connectivity index (χ1n) is 10.7. The van der Waals surface area contributed by atoms with Crippen LogP contribution in [0.1, 0.15) is 35.8 Å². The number of hydrogen-bond donors (Lipinski definition) is 2.